The summed E-state index contributed by atoms with van der Waals surface area (Å²) in [6.07, 6.45) is -0.252. The Kier molecular flexibility index (Phi) is 4.82. The van der Waals surface area contributed by atoms with E-state index in [2.05, 4.69) is 5.32 Å². The lowest BCUT2D eigenvalue weighted by Crippen LogP contribution is -2.34. The first-order chi connectivity index (χ1) is 8.81. The SMILES string of the molecule is CC(CC(=O)O)NC(=O)c1cc([N+](=O)[O-])ccc1Cl. The molecule has 0 saturated carbocycles. The molecule has 0 bridgehead atoms. The highest BCUT2D eigenvalue weighted by atomic mass is 35.5. The number of carbonyl (C=O) groups is 2. The highest BCUT2D eigenvalue weighted by molar-refractivity contribution is 6.33. The number of nitro groups is 1. The molecule has 19 heavy (non-hydrogen) atoms. The maximum absolute atomic E-state index is 11.8. The van der Waals surface area contributed by atoms with Gasteiger partial charge in [0.2, 0.25) is 0 Å². The van der Waals surface area contributed by atoms with E-state index in [0.717, 1.165) is 6.07 Å². The fraction of sp³-hybridized carbons (Fsp3) is 0.273. The van der Waals surface area contributed by atoms with Crippen LogP contribution < -0.4 is 5.32 Å². The van der Waals surface area contributed by atoms with E-state index in [1.54, 1.807) is 0 Å². The molecule has 0 aliphatic carbocycles. The molecule has 0 fully saturated rings. The number of halogens is 1. The summed E-state index contributed by atoms with van der Waals surface area (Å²) in [4.78, 5) is 32.3. The second-order valence-corrected chi connectivity index (χ2v) is 4.30. The Morgan fingerprint density at radius 3 is 2.68 bits per heavy atom. The molecule has 0 radical (unpaired) electrons. The summed E-state index contributed by atoms with van der Waals surface area (Å²) in [6, 6.07) is 2.86. The van der Waals surface area contributed by atoms with E-state index in [0.29, 0.717) is 0 Å². The third-order valence-corrected chi connectivity index (χ3v) is 2.59. The van der Waals surface area contributed by atoms with E-state index in [-0.39, 0.29) is 22.7 Å². The average Bonchev–Trinajstić information content (AvgIpc) is 2.27. The highest BCUT2D eigenvalue weighted by Gasteiger charge is 2.18. The van der Waals surface area contributed by atoms with E-state index in [1.807, 2.05) is 0 Å². The minimum absolute atomic E-state index is 0.0608. The molecule has 1 unspecified atom stereocenters. The van der Waals surface area contributed by atoms with Crippen LogP contribution in [0.5, 0.6) is 0 Å². The van der Waals surface area contributed by atoms with Crippen molar-refractivity contribution in [1.29, 1.82) is 0 Å². The third kappa shape index (κ3) is 4.22. The van der Waals surface area contributed by atoms with Crippen LogP contribution in [0.25, 0.3) is 0 Å². The smallest absolute Gasteiger partial charge is 0.305 e. The summed E-state index contributed by atoms with van der Waals surface area (Å²) in [5.74, 6) is -1.71. The van der Waals surface area contributed by atoms with Gasteiger partial charge in [-0.25, -0.2) is 0 Å². The number of nitrogens with zero attached hydrogens (tertiary/aromatic N) is 1. The van der Waals surface area contributed by atoms with Gasteiger partial charge in [-0.2, -0.15) is 0 Å². The molecular weight excluding hydrogens is 276 g/mol. The fourth-order valence-corrected chi connectivity index (χ4v) is 1.62. The van der Waals surface area contributed by atoms with Crippen molar-refractivity contribution >= 4 is 29.2 Å². The van der Waals surface area contributed by atoms with Gasteiger partial charge in [0, 0.05) is 18.2 Å². The molecule has 1 atom stereocenters. The van der Waals surface area contributed by atoms with E-state index >= 15 is 0 Å². The Hall–Kier alpha value is -2.15. The third-order valence-electron chi connectivity index (χ3n) is 2.26. The lowest BCUT2D eigenvalue weighted by Gasteiger charge is -2.12. The molecular formula is C11H11ClN2O5. The number of rotatable bonds is 5. The summed E-state index contributed by atoms with van der Waals surface area (Å²) in [7, 11) is 0. The summed E-state index contributed by atoms with van der Waals surface area (Å²) >= 11 is 5.79. The monoisotopic (exact) mass is 286 g/mol. The van der Waals surface area contributed by atoms with Crippen molar-refractivity contribution in [2.75, 3.05) is 0 Å². The molecule has 1 aromatic carbocycles. The molecule has 8 heteroatoms. The van der Waals surface area contributed by atoms with Gasteiger partial charge in [0.15, 0.2) is 0 Å². The first-order valence-electron chi connectivity index (χ1n) is 5.28. The first-order valence-corrected chi connectivity index (χ1v) is 5.65. The number of amides is 1. The molecule has 0 aliphatic heterocycles. The molecule has 7 nitrogen and oxygen atoms in total. The quantitative estimate of drug-likeness (QED) is 0.634. The maximum Gasteiger partial charge on any atom is 0.305 e. The normalized spacial score (nSPS) is 11.7. The number of carbonyl (C=O) groups excluding carboxylic acids is 1. The molecule has 1 amide bonds. The number of non-ortho nitro benzene ring substituents is 1. The predicted octanol–water partition coefficient (Wildman–Crippen LogP) is 1.84. The van der Waals surface area contributed by atoms with Crippen molar-refractivity contribution in [1.82, 2.24) is 5.32 Å². The average molecular weight is 287 g/mol. The molecule has 1 rings (SSSR count). The number of aliphatic carboxylic acids is 1. The van der Waals surface area contributed by atoms with Gasteiger partial charge < -0.3 is 10.4 Å². The summed E-state index contributed by atoms with van der Waals surface area (Å²) in [6.45, 7) is 1.51. The van der Waals surface area contributed by atoms with Gasteiger partial charge in [0.25, 0.3) is 11.6 Å². The van der Waals surface area contributed by atoms with Crippen molar-refractivity contribution in [3.63, 3.8) is 0 Å². The second-order valence-electron chi connectivity index (χ2n) is 3.89. The van der Waals surface area contributed by atoms with Crippen molar-refractivity contribution in [2.45, 2.75) is 19.4 Å². The summed E-state index contributed by atoms with van der Waals surface area (Å²) < 4.78 is 0. The van der Waals surface area contributed by atoms with Crippen LogP contribution in [-0.2, 0) is 4.79 Å². The molecule has 2 N–H and O–H groups in total. The summed E-state index contributed by atoms with van der Waals surface area (Å²) in [5.41, 5.74) is -0.325. The number of hydrogen-bond donors (Lipinski definition) is 2. The first kappa shape index (κ1) is 14.9. The topological polar surface area (TPSA) is 110 Å². The Labute approximate surface area is 113 Å². The van der Waals surface area contributed by atoms with Crippen LogP contribution in [-0.4, -0.2) is 27.9 Å². The number of carboxylic acid groups (broad SMARTS) is 1. The van der Waals surface area contributed by atoms with E-state index in [9.17, 15) is 19.7 Å². The number of nitrogens with one attached hydrogen (secondary N) is 1. The zero-order valence-corrected chi connectivity index (χ0v) is 10.7. The minimum atomic E-state index is -1.06. The van der Waals surface area contributed by atoms with Crippen LogP contribution in [0.1, 0.15) is 23.7 Å². The van der Waals surface area contributed by atoms with E-state index < -0.39 is 22.8 Å². The van der Waals surface area contributed by atoms with Crippen molar-refractivity contribution in [3.05, 3.63) is 38.9 Å². The van der Waals surface area contributed by atoms with Gasteiger partial charge >= 0.3 is 5.97 Å². The lowest BCUT2D eigenvalue weighted by atomic mass is 10.1. The Morgan fingerprint density at radius 1 is 1.53 bits per heavy atom. The predicted molar refractivity (Wildman–Crippen MR) is 67.3 cm³/mol. The largest absolute Gasteiger partial charge is 0.481 e. The van der Waals surface area contributed by atoms with Gasteiger partial charge in [0.05, 0.1) is 21.9 Å². The van der Waals surface area contributed by atoms with Gasteiger partial charge in [-0.3, -0.25) is 19.7 Å². The van der Waals surface area contributed by atoms with Crippen LogP contribution in [0.2, 0.25) is 5.02 Å². The number of hydrogen-bond acceptors (Lipinski definition) is 4. The van der Waals surface area contributed by atoms with E-state index in [1.165, 1.54) is 19.1 Å². The highest BCUT2D eigenvalue weighted by Crippen LogP contribution is 2.22. The minimum Gasteiger partial charge on any atom is -0.481 e. The molecule has 0 aromatic heterocycles. The number of benzene rings is 1. The lowest BCUT2D eigenvalue weighted by molar-refractivity contribution is -0.384. The van der Waals surface area contributed by atoms with Crippen LogP contribution in [0.3, 0.4) is 0 Å². The van der Waals surface area contributed by atoms with E-state index in [4.69, 9.17) is 16.7 Å². The standard InChI is InChI=1S/C11H11ClN2O5/c1-6(4-10(15)16)13-11(17)8-5-7(14(18)19)2-3-9(8)12/h2-3,5-6H,4H2,1H3,(H,13,17)(H,15,16). The molecule has 0 heterocycles. The Balaban J connectivity index is 2.90. The molecule has 1 aromatic rings. The Morgan fingerprint density at radius 2 is 2.16 bits per heavy atom. The second kappa shape index (κ2) is 6.14. The number of carboxylic acids is 1. The van der Waals surface area contributed by atoms with Crippen molar-refractivity contribution in [2.24, 2.45) is 0 Å². The zero-order chi connectivity index (χ0) is 14.6. The van der Waals surface area contributed by atoms with Gasteiger partial charge in [-0.15, -0.1) is 0 Å². The van der Waals surface area contributed by atoms with Crippen LogP contribution in [0, 0.1) is 10.1 Å². The maximum atomic E-state index is 11.8. The van der Waals surface area contributed by atoms with Gasteiger partial charge in [0.1, 0.15) is 0 Å². The van der Waals surface area contributed by atoms with Gasteiger partial charge in [-0.1, -0.05) is 11.6 Å². The molecule has 0 aliphatic rings. The van der Waals surface area contributed by atoms with Crippen molar-refractivity contribution in [3.8, 4) is 0 Å². The van der Waals surface area contributed by atoms with Crippen LogP contribution >= 0.6 is 11.6 Å². The van der Waals surface area contributed by atoms with Crippen LogP contribution in [0.15, 0.2) is 18.2 Å². The Bertz CT molecular complexity index is 532. The van der Waals surface area contributed by atoms with Crippen molar-refractivity contribution < 1.29 is 19.6 Å². The molecule has 102 valence electrons. The fourth-order valence-electron chi connectivity index (χ4n) is 1.42. The summed E-state index contributed by atoms with van der Waals surface area (Å²) in [5, 5.41) is 21.6. The van der Waals surface area contributed by atoms with Gasteiger partial charge in [-0.05, 0) is 13.0 Å². The molecule has 0 spiro atoms. The molecule has 0 saturated heterocycles. The zero-order valence-electron chi connectivity index (χ0n) is 9.92. The number of nitro benzene ring substituents is 1. The van der Waals surface area contributed by atoms with Crippen LogP contribution in [0.4, 0.5) is 5.69 Å².